The van der Waals surface area contributed by atoms with Gasteiger partial charge in [0, 0.05) is 18.1 Å². The second kappa shape index (κ2) is 4.37. The first kappa shape index (κ1) is 11.5. The van der Waals surface area contributed by atoms with E-state index in [0.717, 1.165) is 30.1 Å². The number of hydrogen-bond donors (Lipinski definition) is 1. The highest BCUT2D eigenvalue weighted by molar-refractivity contribution is 5.87. The Morgan fingerprint density at radius 2 is 1.85 bits per heavy atom. The van der Waals surface area contributed by atoms with E-state index in [1.165, 1.54) is 16.7 Å². The molecule has 0 radical (unpaired) electrons. The SMILES string of the molecule is N=C1Cc2ccccc2C(c2ccc3c(c2)OCO3)C1. The van der Waals surface area contributed by atoms with Gasteiger partial charge in [-0.15, -0.1) is 0 Å². The third kappa shape index (κ3) is 1.78. The van der Waals surface area contributed by atoms with Crippen LogP contribution in [-0.2, 0) is 6.42 Å². The summed E-state index contributed by atoms with van der Waals surface area (Å²) in [6.45, 7) is 0.301. The Morgan fingerprint density at radius 3 is 2.80 bits per heavy atom. The van der Waals surface area contributed by atoms with Crippen LogP contribution in [-0.4, -0.2) is 12.5 Å². The van der Waals surface area contributed by atoms with Gasteiger partial charge in [0.25, 0.3) is 0 Å². The highest BCUT2D eigenvalue weighted by Gasteiger charge is 2.26. The zero-order valence-electron chi connectivity index (χ0n) is 11.1. The van der Waals surface area contributed by atoms with Crippen molar-refractivity contribution in [2.45, 2.75) is 18.8 Å². The van der Waals surface area contributed by atoms with Gasteiger partial charge in [0.1, 0.15) is 0 Å². The topological polar surface area (TPSA) is 42.3 Å². The van der Waals surface area contributed by atoms with Gasteiger partial charge in [0.05, 0.1) is 0 Å². The van der Waals surface area contributed by atoms with Crippen LogP contribution >= 0.6 is 0 Å². The number of benzene rings is 2. The molecule has 3 heteroatoms. The third-order valence-electron chi connectivity index (χ3n) is 4.08. The quantitative estimate of drug-likeness (QED) is 0.857. The number of ether oxygens (including phenoxy) is 2. The predicted octanol–water partition coefficient (Wildman–Crippen LogP) is 3.51. The maximum absolute atomic E-state index is 8.10. The fourth-order valence-corrected chi connectivity index (χ4v) is 3.12. The molecule has 0 spiro atoms. The van der Waals surface area contributed by atoms with Crippen LogP contribution in [0.5, 0.6) is 11.5 Å². The van der Waals surface area contributed by atoms with Crippen LogP contribution in [0.3, 0.4) is 0 Å². The molecule has 2 aromatic carbocycles. The average Bonchev–Trinajstić information content (AvgIpc) is 2.93. The molecule has 0 amide bonds. The Kier molecular flexibility index (Phi) is 2.52. The molecule has 1 unspecified atom stereocenters. The summed E-state index contributed by atoms with van der Waals surface area (Å²) in [6.07, 6.45) is 1.56. The van der Waals surface area contributed by atoms with Gasteiger partial charge in [-0.2, -0.15) is 0 Å². The van der Waals surface area contributed by atoms with Crippen LogP contribution in [0.1, 0.15) is 29.0 Å². The molecule has 2 aromatic rings. The van der Waals surface area contributed by atoms with Crippen LogP contribution in [0.15, 0.2) is 42.5 Å². The van der Waals surface area contributed by atoms with Crippen molar-refractivity contribution in [1.29, 1.82) is 5.41 Å². The van der Waals surface area contributed by atoms with E-state index in [2.05, 4.69) is 30.3 Å². The maximum atomic E-state index is 8.10. The van der Waals surface area contributed by atoms with Crippen LogP contribution in [0.25, 0.3) is 0 Å². The lowest BCUT2D eigenvalue weighted by atomic mass is 9.78. The molecule has 1 atom stereocenters. The molecule has 0 aromatic heterocycles. The minimum absolute atomic E-state index is 0.252. The predicted molar refractivity (Wildman–Crippen MR) is 76.9 cm³/mol. The van der Waals surface area contributed by atoms with E-state index < -0.39 is 0 Å². The first-order valence-electron chi connectivity index (χ1n) is 6.85. The number of fused-ring (bicyclic) bond motifs is 2. The van der Waals surface area contributed by atoms with Crippen LogP contribution in [0.2, 0.25) is 0 Å². The number of hydrogen-bond acceptors (Lipinski definition) is 3. The summed E-state index contributed by atoms with van der Waals surface area (Å²) in [5.41, 5.74) is 4.60. The van der Waals surface area contributed by atoms with Crippen LogP contribution < -0.4 is 9.47 Å². The van der Waals surface area contributed by atoms with E-state index in [-0.39, 0.29) is 5.92 Å². The van der Waals surface area contributed by atoms with Gasteiger partial charge < -0.3 is 14.9 Å². The van der Waals surface area contributed by atoms with Gasteiger partial charge in [-0.3, -0.25) is 0 Å². The normalized spacial score (nSPS) is 19.8. The molecular weight excluding hydrogens is 250 g/mol. The van der Waals surface area contributed by atoms with Crippen LogP contribution in [0.4, 0.5) is 0 Å². The minimum Gasteiger partial charge on any atom is -0.454 e. The van der Waals surface area contributed by atoms with Gasteiger partial charge >= 0.3 is 0 Å². The molecule has 1 N–H and O–H groups in total. The summed E-state index contributed by atoms with van der Waals surface area (Å²) < 4.78 is 10.8. The van der Waals surface area contributed by atoms with E-state index in [1.807, 2.05) is 12.1 Å². The lowest BCUT2D eigenvalue weighted by Gasteiger charge is -2.26. The zero-order valence-corrected chi connectivity index (χ0v) is 11.1. The Hall–Kier alpha value is -2.29. The average molecular weight is 265 g/mol. The summed E-state index contributed by atoms with van der Waals surface area (Å²) in [7, 11) is 0. The molecule has 4 rings (SSSR count). The second-order valence-electron chi connectivity index (χ2n) is 5.35. The molecule has 1 heterocycles. The Balaban J connectivity index is 1.80. The van der Waals surface area contributed by atoms with Gasteiger partial charge in [0.15, 0.2) is 11.5 Å². The van der Waals surface area contributed by atoms with Gasteiger partial charge in [-0.1, -0.05) is 30.3 Å². The largest absolute Gasteiger partial charge is 0.454 e. The third-order valence-corrected chi connectivity index (χ3v) is 4.08. The Labute approximate surface area is 117 Å². The molecule has 0 saturated heterocycles. The van der Waals surface area contributed by atoms with Crippen molar-refractivity contribution >= 4 is 5.71 Å². The van der Waals surface area contributed by atoms with E-state index in [1.54, 1.807) is 0 Å². The van der Waals surface area contributed by atoms with Gasteiger partial charge in [-0.25, -0.2) is 0 Å². The highest BCUT2D eigenvalue weighted by atomic mass is 16.7. The second-order valence-corrected chi connectivity index (χ2v) is 5.35. The fourth-order valence-electron chi connectivity index (χ4n) is 3.12. The van der Waals surface area contributed by atoms with Crippen molar-refractivity contribution in [3.63, 3.8) is 0 Å². The fraction of sp³-hybridized carbons (Fsp3) is 0.235. The first-order chi connectivity index (χ1) is 9.81. The standard InChI is InChI=1S/C17H15NO2/c18-13-7-11-3-1-2-4-14(11)15(9-13)12-5-6-16-17(8-12)20-10-19-16/h1-6,8,15,18H,7,9-10H2. The van der Waals surface area contributed by atoms with E-state index in [9.17, 15) is 0 Å². The molecule has 0 bridgehead atoms. The van der Waals surface area contributed by atoms with Crippen molar-refractivity contribution < 1.29 is 9.47 Å². The van der Waals surface area contributed by atoms with Crippen molar-refractivity contribution in [3.8, 4) is 11.5 Å². The summed E-state index contributed by atoms with van der Waals surface area (Å²) in [5.74, 6) is 1.88. The lowest BCUT2D eigenvalue weighted by molar-refractivity contribution is 0.174. The van der Waals surface area contributed by atoms with Crippen molar-refractivity contribution in [3.05, 3.63) is 59.2 Å². The van der Waals surface area contributed by atoms with E-state index in [0.29, 0.717) is 6.79 Å². The Bertz CT molecular complexity index is 693. The molecule has 100 valence electrons. The first-order valence-corrected chi connectivity index (χ1v) is 6.85. The number of nitrogens with one attached hydrogen (secondary N) is 1. The molecule has 20 heavy (non-hydrogen) atoms. The highest BCUT2D eigenvalue weighted by Crippen LogP contribution is 2.40. The molecular formula is C17H15NO2. The number of rotatable bonds is 1. The van der Waals surface area contributed by atoms with Crippen LogP contribution in [0, 0.1) is 5.41 Å². The summed E-state index contributed by atoms with van der Waals surface area (Å²) in [5, 5.41) is 8.10. The molecule has 1 aliphatic carbocycles. The molecule has 1 aliphatic heterocycles. The molecule has 2 aliphatic rings. The smallest absolute Gasteiger partial charge is 0.231 e. The zero-order chi connectivity index (χ0) is 13.5. The van der Waals surface area contributed by atoms with Gasteiger partial charge in [-0.05, 0) is 35.2 Å². The lowest BCUT2D eigenvalue weighted by Crippen LogP contribution is -2.18. The maximum Gasteiger partial charge on any atom is 0.231 e. The van der Waals surface area contributed by atoms with Crippen molar-refractivity contribution in [2.75, 3.05) is 6.79 Å². The van der Waals surface area contributed by atoms with Crippen molar-refractivity contribution in [1.82, 2.24) is 0 Å². The Morgan fingerprint density at radius 1 is 1.00 bits per heavy atom. The van der Waals surface area contributed by atoms with Gasteiger partial charge in [0.2, 0.25) is 6.79 Å². The summed E-state index contributed by atoms with van der Waals surface area (Å²) in [4.78, 5) is 0. The molecule has 0 saturated carbocycles. The van der Waals surface area contributed by atoms with Crippen molar-refractivity contribution in [2.24, 2.45) is 0 Å². The van der Waals surface area contributed by atoms with E-state index in [4.69, 9.17) is 14.9 Å². The minimum atomic E-state index is 0.252. The molecule has 3 nitrogen and oxygen atoms in total. The summed E-state index contributed by atoms with van der Waals surface area (Å²) in [6, 6.07) is 14.6. The summed E-state index contributed by atoms with van der Waals surface area (Å²) >= 11 is 0. The van der Waals surface area contributed by atoms with E-state index >= 15 is 0 Å². The monoisotopic (exact) mass is 265 g/mol. The molecule has 0 fully saturated rings.